The number of nitrogens with one attached hydrogen (secondary N) is 1. The molecule has 1 N–H and O–H groups in total. The van der Waals surface area contributed by atoms with Gasteiger partial charge in [-0.3, -0.25) is 4.79 Å². The lowest BCUT2D eigenvalue weighted by Crippen LogP contribution is -2.12. The van der Waals surface area contributed by atoms with E-state index >= 15 is 0 Å². The summed E-state index contributed by atoms with van der Waals surface area (Å²) >= 11 is 9.32. The lowest BCUT2D eigenvalue weighted by atomic mass is 10.1. The molecule has 5 heteroatoms. The Morgan fingerprint density at radius 3 is 2.55 bits per heavy atom. The van der Waals surface area contributed by atoms with Gasteiger partial charge >= 0.3 is 0 Å². The first-order valence-electron chi connectivity index (χ1n) is 6.04. The second-order valence-corrected chi connectivity index (χ2v) is 5.62. The fourth-order valence-corrected chi connectivity index (χ4v) is 2.43. The topological polar surface area (TPSA) is 29.1 Å². The van der Waals surface area contributed by atoms with Crippen molar-refractivity contribution in [2.75, 3.05) is 5.32 Å². The molecule has 2 nitrogen and oxygen atoms in total. The molecule has 0 heterocycles. The molecule has 0 aliphatic carbocycles. The van der Waals surface area contributed by atoms with Gasteiger partial charge in [0.1, 0.15) is 5.82 Å². The molecular weight excluding hydrogens is 345 g/mol. The molecule has 0 aromatic heterocycles. The molecule has 0 atom stereocenters. The fraction of sp³-hybridized carbons (Fsp3) is 0.133. The fourth-order valence-electron chi connectivity index (χ4n) is 1.71. The summed E-state index contributed by atoms with van der Waals surface area (Å²) in [4.78, 5) is 11.8. The van der Waals surface area contributed by atoms with Crippen LogP contribution in [0.15, 0.2) is 46.9 Å². The van der Waals surface area contributed by atoms with E-state index in [0.29, 0.717) is 23.6 Å². The van der Waals surface area contributed by atoms with Crippen LogP contribution in [-0.2, 0) is 11.2 Å². The van der Waals surface area contributed by atoms with Crippen LogP contribution in [0.2, 0.25) is 5.02 Å². The zero-order chi connectivity index (χ0) is 14.5. The molecule has 2 rings (SSSR count). The Bertz CT molecular complexity index is 616. The average molecular weight is 357 g/mol. The number of benzene rings is 2. The van der Waals surface area contributed by atoms with Gasteiger partial charge in [0.25, 0.3) is 0 Å². The predicted octanol–water partition coefficient (Wildman–Crippen LogP) is 4.81. The molecular formula is C15H12BrClFNO. The summed E-state index contributed by atoms with van der Waals surface area (Å²) in [5, 5.41) is 3.23. The quantitative estimate of drug-likeness (QED) is 0.836. The van der Waals surface area contributed by atoms with E-state index in [4.69, 9.17) is 11.6 Å². The molecule has 104 valence electrons. The molecule has 20 heavy (non-hydrogen) atoms. The normalized spacial score (nSPS) is 10.3. The number of rotatable bonds is 4. The van der Waals surface area contributed by atoms with Gasteiger partial charge in [-0.1, -0.05) is 39.7 Å². The van der Waals surface area contributed by atoms with Crippen LogP contribution < -0.4 is 5.32 Å². The number of carbonyl (C=O) groups excluding carboxylic acids is 1. The summed E-state index contributed by atoms with van der Waals surface area (Å²) in [6, 6.07) is 11.4. The van der Waals surface area contributed by atoms with Gasteiger partial charge in [-0.15, -0.1) is 0 Å². The highest BCUT2D eigenvalue weighted by Crippen LogP contribution is 2.25. The van der Waals surface area contributed by atoms with Gasteiger partial charge < -0.3 is 5.32 Å². The highest BCUT2D eigenvalue weighted by Gasteiger charge is 2.06. The maximum Gasteiger partial charge on any atom is 0.224 e. The second-order valence-electron chi connectivity index (χ2n) is 4.30. The molecule has 0 bridgehead atoms. The molecule has 0 radical (unpaired) electrons. The standard InChI is InChI=1S/C15H12BrClFNO/c16-11-4-7-14(13(17)9-11)19-15(20)8-3-10-1-5-12(18)6-2-10/h1-2,4-7,9H,3,8H2,(H,19,20). The Labute approximate surface area is 130 Å². The lowest BCUT2D eigenvalue weighted by Gasteiger charge is -2.07. The summed E-state index contributed by atoms with van der Waals surface area (Å²) in [5.41, 5.74) is 1.50. The van der Waals surface area contributed by atoms with Gasteiger partial charge in [-0.25, -0.2) is 4.39 Å². The van der Waals surface area contributed by atoms with Crippen molar-refractivity contribution in [3.8, 4) is 0 Å². The van der Waals surface area contributed by atoms with E-state index in [2.05, 4.69) is 21.2 Å². The first kappa shape index (κ1) is 15.0. The maximum atomic E-state index is 12.8. The molecule has 0 saturated heterocycles. The van der Waals surface area contributed by atoms with Crippen molar-refractivity contribution in [2.24, 2.45) is 0 Å². The summed E-state index contributed by atoms with van der Waals surface area (Å²) < 4.78 is 13.6. The first-order valence-corrected chi connectivity index (χ1v) is 7.21. The Balaban J connectivity index is 1.90. The van der Waals surface area contributed by atoms with Gasteiger partial charge in [-0.05, 0) is 42.3 Å². The molecule has 0 fully saturated rings. The SMILES string of the molecule is O=C(CCc1ccc(F)cc1)Nc1ccc(Br)cc1Cl. The van der Waals surface area contributed by atoms with Crippen LogP contribution in [-0.4, -0.2) is 5.91 Å². The third kappa shape index (κ3) is 4.32. The van der Waals surface area contributed by atoms with Crippen molar-refractivity contribution < 1.29 is 9.18 Å². The van der Waals surface area contributed by atoms with Gasteiger partial charge in [0, 0.05) is 10.9 Å². The number of anilines is 1. The highest BCUT2D eigenvalue weighted by molar-refractivity contribution is 9.10. The lowest BCUT2D eigenvalue weighted by molar-refractivity contribution is -0.116. The number of carbonyl (C=O) groups is 1. The van der Waals surface area contributed by atoms with Crippen molar-refractivity contribution in [1.29, 1.82) is 0 Å². The molecule has 0 saturated carbocycles. The van der Waals surface area contributed by atoms with Gasteiger partial charge in [0.2, 0.25) is 5.91 Å². The molecule has 0 unspecified atom stereocenters. The van der Waals surface area contributed by atoms with E-state index in [1.807, 2.05) is 6.07 Å². The molecule has 2 aromatic carbocycles. The smallest absolute Gasteiger partial charge is 0.224 e. The minimum absolute atomic E-state index is 0.126. The molecule has 0 aliphatic heterocycles. The zero-order valence-electron chi connectivity index (χ0n) is 10.5. The van der Waals surface area contributed by atoms with Crippen molar-refractivity contribution >= 4 is 39.1 Å². The Kier molecular flexibility index (Phi) is 5.15. The van der Waals surface area contributed by atoms with E-state index in [1.54, 1.807) is 24.3 Å². The average Bonchev–Trinajstić information content (AvgIpc) is 2.41. The number of hydrogen-bond donors (Lipinski definition) is 1. The summed E-state index contributed by atoms with van der Waals surface area (Å²) in [7, 11) is 0. The molecule has 0 spiro atoms. The zero-order valence-corrected chi connectivity index (χ0v) is 12.8. The third-order valence-corrected chi connectivity index (χ3v) is 3.57. The number of aryl methyl sites for hydroxylation is 1. The minimum Gasteiger partial charge on any atom is -0.325 e. The number of hydrogen-bond acceptors (Lipinski definition) is 1. The van der Waals surface area contributed by atoms with Gasteiger partial charge in [-0.2, -0.15) is 0 Å². The maximum absolute atomic E-state index is 12.8. The van der Waals surface area contributed by atoms with Crippen molar-refractivity contribution in [2.45, 2.75) is 12.8 Å². The van der Waals surface area contributed by atoms with Crippen LogP contribution in [0.5, 0.6) is 0 Å². The van der Waals surface area contributed by atoms with E-state index < -0.39 is 0 Å². The summed E-state index contributed by atoms with van der Waals surface area (Å²) in [5.74, 6) is -0.404. The van der Waals surface area contributed by atoms with E-state index in [9.17, 15) is 9.18 Å². The second kappa shape index (κ2) is 6.86. The van der Waals surface area contributed by atoms with Crippen LogP contribution in [0.1, 0.15) is 12.0 Å². The first-order chi connectivity index (χ1) is 9.54. The summed E-state index contributed by atoms with van der Waals surface area (Å²) in [6.45, 7) is 0. The van der Waals surface area contributed by atoms with Crippen molar-refractivity contribution in [3.05, 3.63) is 63.3 Å². The van der Waals surface area contributed by atoms with Crippen LogP contribution >= 0.6 is 27.5 Å². The Morgan fingerprint density at radius 2 is 1.90 bits per heavy atom. The van der Waals surface area contributed by atoms with Crippen LogP contribution in [0, 0.1) is 5.82 Å². The van der Waals surface area contributed by atoms with Crippen molar-refractivity contribution in [1.82, 2.24) is 0 Å². The third-order valence-electron chi connectivity index (χ3n) is 2.76. The molecule has 2 aromatic rings. The Morgan fingerprint density at radius 1 is 1.20 bits per heavy atom. The number of amides is 1. The number of halogens is 3. The van der Waals surface area contributed by atoms with E-state index in [-0.39, 0.29) is 11.7 Å². The molecule has 1 amide bonds. The van der Waals surface area contributed by atoms with Crippen LogP contribution in [0.25, 0.3) is 0 Å². The van der Waals surface area contributed by atoms with Crippen LogP contribution in [0.4, 0.5) is 10.1 Å². The largest absolute Gasteiger partial charge is 0.325 e. The minimum atomic E-state index is -0.278. The monoisotopic (exact) mass is 355 g/mol. The van der Waals surface area contributed by atoms with E-state index in [0.717, 1.165) is 10.0 Å². The predicted molar refractivity (Wildman–Crippen MR) is 82.5 cm³/mol. The summed E-state index contributed by atoms with van der Waals surface area (Å²) in [6.07, 6.45) is 0.873. The van der Waals surface area contributed by atoms with Crippen molar-refractivity contribution in [3.63, 3.8) is 0 Å². The van der Waals surface area contributed by atoms with Crippen LogP contribution in [0.3, 0.4) is 0 Å². The Hall–Kier alpha value is -1.39. The van der Waals surface area contributed by atoms with Gasteiger partial charge in [0.05, 0.1) is 10.7 Å². The van der Waals surface area contributed by atoms with E-state index in [1.165, 1.54) is 12.1 Å². The highest BCUT2D eigenvalue weighted by atomic mass is 79.9. The van der Waals surface area contributed by atoms with Gasteiger partial charge in [0.15, 0.2) is 0 Å². The molecule has 0 aliphatic rings.